The van der Waals surface area contributed by atoms with E-state index in [9.17, 15) is 0 Å². The number of methoxy groups -OCH3 is 1. The number of ether oxygens (including phenoxy) is 1. The van der Waals surface area contributed by atoms with Gasteiger partial charge in [0.05, 0.1) is 19.7 Å². The summed E-state index contributed by atoms with van der Waals surface area (Å²) < 4.78 is 5.34. The third-order valence-electron chi connectivity index (χ3n) is 4.55. The molecule has 1 unspecified atom stereocenters. The van der Waals surface area contributed by atoms with Crippen LogP contribution in [-0.2, 0) is 0 Å². The van der Waals surface area contributed by atoms with Crippen LogP contribution in [0.1, 0.15) is 42.9 Å². The molecule has 2 N–H and O–H groups in total. The van der Waals surface area contributed by atoms with Crippen LogP contribution in [0.15, 0.2) is 23.2 Å². The van der Waals surface area contributed by atoms with Gasteiger partial charge in [-0.05, 0) is 37.0 Å². The third-order valence-corrected chi connectivity index (χ3v) is 4.55. The molecule has 0 bridgehead atoms. The van der Waals surface area contributed by atoms with E-state index in [0.717, 1.165) is 18.3 Å². The van der Waals surface area contributed by atoms with E-state index in [1.807, 2.05) is 6.07 Å². The highest BCUT2D eigenvalue weighted by molar-refractivity contribution is 5.80. The SMILES string of the molecule is COc1ccc(C2CN=C(N)N2C2CCCC2)cc1C. The highest BCUT2D eigenvalue weighted by Gasteiger charge is 2.34. The first-order chi connectivity index (χ1) is 9.70. The molecule has 1 atom stereocenters. The lowest BCUT2D eigenvalue weighted by atomic mass is 10.0. The van der Waals surface area contributed by atoms with E-state index in [-0.39, 0.29) is 0 Å². The maximum absolute atomic E-state index is 6.13. The van der Waals surface area contributed by atoms with Crippen LogP contribution in [0.2, 0.25) is 0 Å². The molecule has 2 aliphatic rings. The summed E-state index contributed by atoms with van der Waals surface area (Å²) in [6, 6.07) is 7.26. The van der Waals surface area contributed by atoms with Gasteiger partial charge in [-0.25, -0.2) is 0 Å². The minimum absolute atomic E-state index is 0.294. The topological polar surface area (TPSA) is 50.9 Å². The predicted octanol–water partition coefficient (Wildman–Crippen LogP) is 2.62. The highest BCUT2D eigenvalue weighted by atomic mass is 16.5. The largest absolute Gasteiger partial charge is 0.496 e. The average Bonchev–Trinajstić information content (AvgIpc) is 3.07. The molecule has 0 radical (unpaired) electrons. The van der Waals surface area contributed by atoms with Crippen LogP contribution in [-0.4, -0.2) is 30.6 Å². The molecule has 108 valence electrons. The number of aliphatic imine (C=N–C) groups is 1. The molecule has 1 heterocycles. The Morgan fingerprint density at radius 2 is 2.05 bits per heavy atom. The fourth-order valence-electron chi connectivity index (χ4n) is 3.51. The van der Waals surface area contributed by atoms with Gasteiger partial charge in [0.2, 0.25) is 0 Å². The number of nitrogens with two attached hydrogens (primary N) is 1. The smallest absolute Gasteiger partial charge is 0.192 e. The summed E-state index contributed by atoms with van der Waals surface area (Å²) in [6.45, 7) is 2.86. The third kappa shape index (κ3) is 2.23. The van der Waals surface area contributed by atoms with Crippen LogP contribution in [0.3, 0.4) is 0 Å². The van der Waals surface area contributed by atoms with Gasteiger partial charge in [-0.1, -0.05) is 25.0 Å². The Labute approximate surface area is 120 Å². The second kappa shape index (κ2) is 5.35. The summed E-state index contributed by atoms with van der Waals surface area (Å²) in [5.41, 5.74) is 8.59. The summed E-state index contributed by atoms with van der Waals surface area (Å²) in [5.74, 6) is 1.66. The van der Waals surface area contributed by atoms with E-state index in [1.165, 1.54) is 36.8 Å². The van der Waals surface area contributed by atoms with Gasteiger partial charge in [0.1, 0.15) is 5.75 Å². The van der Waals surface area contributed by atoms with Crippen molar-refractivity contribution in [3.8, 4) is 5.75 Å². The monoisotopic (exact) mass is 273 g/mol. The van der Waals surface area contributed by atoms with E-state index in [4.69, 9.17) is 10.5 Å². The molecule has 1 aromatic rings. The quantitative estimate of drug-likeness (QED) is 0.921. The molecule has 1 saturated carbocycles. The van der Waals surface area contributed by atoms with E-state index < -0.39 is 0 Å². The Morgan fingerprint density at radius 3 is 2.70 bits per heavy atom. The molecule has 0 spiro atoms. The molecule has 3 rings (SSSR count). The summed E-state index contributed by atoms with van der Waals surface area (Å²) >= 11 is 0. The van der Waals surface area contributed by atoms with Crippen molar-refractivity contribution < 1.29 is 4.74 Å². The second-order valence-corrected chi connectivity index (χ2v) is 5.79. The van der Waals surface area contributed by atoms with E-state index in [1.54, 1.807) is 7.11 Å². The van der Waals surface area contributed by atoms with Crippen molar-refractivity contribution in [3.05, 3.63) is 29.3 Å². The van der Waals surface area contributed by atoms with Crippen LogP contribution in [0, 0.1) is 6.92 Å². The van der Waals surface area contributed by atoms with Crippen LogP contribution in [0.4, 0.5) is 0 Å². The molecular formula is C16H23N3O. The Kier molecular flexibility index (Phi) is 3.55. The lowest BCUT2D eigenvalue weighted by Gasteiger charge is -2.32. The van der Waals surface area contributed by atoms with Gasteiger partial charge in [-0.2, -0.15) is 0 Å². The molecule has 4 nitrogen and oxygen atoms in total. The van der Waals surface area contributed by atoms with Crippen LogP contribution < -0.4 is 10.5 Å². The van der Waals surface area contributed by atoms with Gasteiger partial charge in [0.25, 0.3) is 0 Å². The van der Waals surface area contributed by atoms with Crippen LogP contribution >= 0.6 is 0 Å². The van der Waals surface area contributed by atoms with Crippen molar-refractivity contribution in [2.24, 2.45) is 10.7 Å². The van der Waals surface area contributed by atoms with Crippen molar-refractivity contribution in [2.45, 2.75) is 44.7 Å². The van der Waals surface area contributed by atoms with Gasteiger partial charge < -0.3 is 15.4 Å². The van der Waals surface area contributed by atoms with Crippen LogP contribution in [0.5, 0.6) is 5.75 Å². The lowest BCUT2D eigenvalue weighted by Crippen LogP contribution is -2.42. The summed E-state index contributed by atoms with van der Waals surface area (Å²) in [4.78, 5) is 6.82. The van der Waals surface area contributed by atoms with Gasteiger partial charge in [0.15, 0.2) is 5.96 Å². The van der Waals surface area contributed by atoms with E-state index >= 15 is 0 Å². The normalized spacial score (nSPS) is 23.2. The zero-order valence-electron chi connectivity index (χ0n) is 12.3. The fourth-order valence-corrected chi connectivity index (χ4v) is 3.51. The zero-order chi connectivity index (χ0) is 14.1. The molecule has 0 aromatic heterocycles. The summed E-state index contributed by atoms with van der Waals surface area (Å²) in [6.07, 6.45) is 5.09. The Bertz CT molecular complexity index is 520. The first-order valence-corrected chi connectivity index (χ1v) is 7.43. The number of rotatable bonds is 3. The maximum atomic E-state index is 6.13. The van der Waals surface area contributed by atoms with Crippen molar-refractivity contribution in [1.29, 1.82) is 0 Å². The number of aryl methyl sites for hydroxylation is 1. The lowest BCUT2D eigenvalue weighted by molar-refractivity contribution is 0.262. The van der Waals surface area contributed by atoms with Gasteiger partial charge in [-0.3, -0.25) is 4.99 Å². The van der Waals surface area contributed by atoms with Crippen molar-refractivity contribution in [1.82, 2.24) is 4.90 Å². The second-order valence-electron chi connectivity index (χ2n) is 5.79. The maximum Gasteiger partial charge on any atom is 0.192 e. The predicted molar refractivity (Wildman–Crippen MR) is 81.1 cm³/mol. The van der Waals surface area contributed by atoms with Crippen molar-refractivity contribution in [2.75, 3.05) is 13.7 Å². The number of hydrogen-bond donors (Lipinski definition) is 1. The molecule has 1 aliphatic carbocycles. The Morgan fingerprint density at radius 1 is 1.30 bits per heavy atom. The molecule has 1 aromatic carbocycles. The molecule has 20 heavy (non-hydrogen) atoms. The number of benzene rings is 1. The summed E-state index contributed by atoms with van der Waals surface area (Å²) in [7, 11) is 1.71. The Hall–Kier alpha value is -1.71. The van der Waals surface area contributed by atoms with Gasteiger partial charge in [-0.15, -0.1) is 0 Å². The summed E-state index contributed by atoms with van der Waals surface area (Å²) in [5, 5.41) is 0. The van der Waals surface area contributed by atoms with Crippen molar-refractivity contribution >= 4 is 5.96 Å². The molecule has 1 fully saturated rings. The van der Waals surface area contributed by atoms with Gasteiger partial charge in [0, 0.05) is 6.04 Å². The fraction of sp³-hybridized carbons (Fsp3) is 0.562. The van der Waals surface area contributed by atoms with Gasteiger partial charge >= 0.3 is 0 Å². The highest BCUT2D eigenvalue weighted by Crippen LogP contribution is 2.35. The minimum Gasteiger partial charge on any atom is -0.496 e. The molecule has 1 aliphatic heterocycles. The molecular weight excluding hydrogens is 250 g/mol. The molecule has 0 amide bonds. The van der Waals surface area contributed by atoms with Crippen molar-refractivity contribution in [3.63, 3.8) is 0 Å². The average molecular weight is 273 g/mol. The standard InChI is InChI=1S/C16H23N3O/c1-11-9-12(7-8-15(11)20-2)14-10-18-16(17)19(14)13-5-3-4-6-13/h7-9,13-14H,3-6,10H2,1-2H3,(H2,17,18). The first-order valence-electron chi connectivity index (χ1n) is 7.43. The van der Waals surface area contributed by atoms with E-state index in [2.05, 4.69) is 28.9 Å². The zero-order valence-corrected chi connectivity index (χ0v) is 12.3. The van der Waals surface area contributed by atoms with Crippen LogP contribution in [0.25, 0.3) is 0 Å². The number of nitrogens with zero attached hydrogens (tertiary/aromatic N) is 2. The Balaban J connectivity index is 1.87. The number of guanidine groups is 1. The first kappa shape index (κ1) is 13.3. The number of hydrogen-bond acceptors (Lipinski definition) is 4. The van der Waals surface area contributed by atoms with E-state index in [0.29, 0.717) is 12.1 Å². The minimum atomic E-state index is 0.294. The molecule has 0 saturated heterocycles. The molecule has 4 heteroatoms.